The minimum atomic E-state index is -0.878. The van der Waals surface area contributed by atoms with E-state index in [2.05, 4.69) is 0 Å². The normalized spacial score (nSPS) is 26.7. The largest absolute Gasteiger partial charge is 0.492 e. The molecule has 2 aromatic rings. The Bertz CT molecular complexity index is 881. The summed E-state index contributed by atoms with van der Waals surface area (Å²) in [6.07, 6.45) is 0.912. The predicted octanol–water partition coefficient (Wildman–Crippen LogP) is 2.23. The van der Waals surface area contributed by atoms with E-state index < -0.39 is 12.1 Å². The maximum Gasteiger partial charge on any atom is 0.302 e. The molecular weight excluding hydrogens is 328 g/mol. The van der Waals surface area contributed by atoms with E-state index in [-0.39, 0.29) is 24.7 Å². The summed E-state index contributed by atoms with van der Waals surface area (Å²) in [4.78, 5) is 23.1. The maximum absolute atomic E-state index is 11.9. The molecule has 0 bridgehead atoms. The van der Waals surface area contributed by atoms with Gasteiger partial charge in [-0.3, -0.25) is 9.59 Å². The third kappa shape index (κ3) is 2.19. The smallest absolute Gasteiger partial charge is 0.302 e. The Hall–Kier alpha value is -2.38. The highest BCUT2D eigenvalue weighted by Crippen LogP contribution is 2.55. The van der Waals surface area contributed by atoms with Crippen molar-refractivity contribution in [2.24, 2.45) is 0 Å². The van der Waals surface area contributed by atoms with Crippen LogP contribution in [0.25, 0.3) is 11.0 Å². The molecule has 132 valence electrons. The lowest BCUT2D eigenvalue weighted by Gasteiger charge is -2.27. The van der Waals surface area contributed by atoms with Crippen molar-refractivity contribution in [1.29, 1.82) is 0 Å². The molecule has 0 radical (unpaired) electrons. The zero-order valence-electron chi connectivity index (χ0n) is 14.1. The molecule has 7 nitrogen and oxygen atoms in total. The summed E-state index contributed by atoms with van der Waals surface area (Å²) >= 11 is 0. The van der Waals surface area contributed by atoms with Crippen molar-refractivity contribution in [2.75, 3.05) is 7.11 Å². The Morgan fingerprint density at radius 2 is 2.12 bits per heavy atom. The Labute approximate surface area is 143 Å². The number of hydrogen-bond acceptors (Lipinski definition) is 7. The van der Waals surface area contributed by atoms with Crippen LogP contribution in [0.5, 0.6) is 5.75 Å². The first kappa shape index (κ1) is 16.1. The first-order valence-corrected chi connectivity index (χ1v) is 8.05. The fourth-order valence-electron chi connectivity index (χ4n) is 3.90. The van der Waals surface area contributed by atoms with E-state index in [0.717, 1.165) is 6.29 Å². The molecule has 0 spiro atoms. The van der Waals surface area contributed by atoms with Gasteiger partial charge in [0.15, 0.2) is 17.6 Å². The van der Waals surface area contributed by atoms with Crippen molar-refractivity contribution in [1.82, 2.24) is 0 Å². The molecule has 7 heteroatoms. The predicted molar refractivity (Wildman–Crippen MR) is 85.7 cm³/mol. The summed E-state index contributed by atoms with van der Waals surface area (Å²) in [5, 5.41) is 11.2. The van der Waals surface area contributed by atoms with Crippen LogP contribution in [0.3, 0.4) is 0 Å². The van der Waals surface area contributed by atoms with Crippen molar-refractivity contribution < 1.29 is 33.3 Å². The van der Waals surface area contributed by atoms with Crippen molar-refractivity contribution in [2.45, 2.75) is 44.7 Å². The highest BCUT2D eigenvalue weighted by Gasteiger charge is 2.55. The molecule has 4 atom stereocenters. The second-order valence-corrected chi connectivity index (χ2v) is 6.44. The molecule has 0 amide bonds. The van der Waals surface area contributed by atoms with E-state index in [0.29, 0.717) is 39.0 Å². The summed E-state index contributed by atoms with van der Waals surface area (Å²) in [6.45, 7) is 3.26. The first-order chi connectivity index (χ1) is 12.0. The molecule has 1 N–H and O–H groups in total. The number of esters is 1. The molecule has 1 aromatic carbocycles. The fourth-order valence-corrected chi connectivity index (χ4v) is 3.90. The van der Waals surface area contributed by atoms with Gasteiger partial charge in [0.05, 0.1) is 19.5 Å². The van der Waals surface area contributed by atoms with Gasteiger partial charge in [-0.25, -0.2) is 0 Å². The van der Waals surface area contributed by atoms with Gasteiger partial charge in [0.1, 0.15) is 18.8 Å². The Morgan fingerprint density at radius 1 is 1.36 bits per heavy atom. The van der Waals surface area contributed by atoms with Crippen LogP contribution in [0.15, 0.2) is 10.7 Å². The lowest BCUT2D eigenvalue weighted by atomic mass is 9.78. The second-order valence-electron chi connectivity index (χ2n) is 6.44. The number of hydrogen-bond donors (Lipinski definition) is 1. The number of epoxide rings is 1. The van der Waals surface area contributed by atoms with E-state index in [1.54, 1.807) is 0 Å². The Balaban J connectivity index is 2.01. The molecule has 1 fully saturated rings. The highest BCUT2D eigenvalue weighted by molar-refractivity contribution is 6.03. The van der Waals surface area contributed by atoms with Gasteiger partial charge >= 0.3 is 5.97 Å². The average Bonchev–Trinajstić information content (AvgIpc) is 3.30. The number of rotatable bonds is 4. The summed E-state index contributed by atoms with van der Waals surface area (Å²) in [5.74, 6) is -0.110. The van der Waals surface area contributed by atoms with Crippen LogP contribution in [-0.2, 0) is 20.9 Å². The quantitative estimate of drug-likeness (QED) is 0.515. The van der Waals surface area contributed by atoms with Gasteiger partial charge in [-0.05, 0) is 5.56 Å². The van der Waals surface area contributed by atoms with Crippen molar-refractivity contribution >= 4 is 23.2 Å². The standard InChI is InChI=1S/C18H18O7/c1-7-11-10(4-19)12-9(5-23-8(2)20)6-24-17(12)16(22-3)13(11)14(21)18-15(7)25-18/h4,6-7,14-15,18,21H,5H2,1-3H3. The summed E-state index contributed by atoms with van der Waals surface area (Å²) < 4.78 is 21.8. The summed E-state index contributed by atoms with van der Waals surface area (Å²) in [7, 11) is 1.49. The molecule has 1 aromatic heterocycles. The number of benzene rings is 1. The zero-order chi connectivity index (χ0) is 17.9. The number of aliphatic hydroxyl groups is 1. The molecule has 1 aliphatic heterocycles. The average molecular weight is 346 g/mol. The van der Waals surface area contributed by atoms with Crippen LogP contribution in [0.4, 0.5) is 0 Å². The number of fused-ring (bicyclic) bond motifs is 3. The molecule has 2 aliphatic rings. The number of ether oxygens (including phenoxy) is 3. The van der Waals surface area contributed by atoms with Crippen LogP contribution in [0.2, 0.25) is 0 Å². The minimum absolute atomic E-state index is 0.00932. The molecule has 25 heavy (non-hydrogen) atoms. The SMILES string of the molecule is COc1c2c(c(C=O)c3c(COC(C)=O)coc13)C(C)C1OC1C2O. The van der Waals surface area contributed by atoms with Gasteiger partial charge in [0, 0.05) is 34.9 Å². The highest BCUT2D eigenvalue weighted by atomic mass is 16.6. The van der Waals surface area contributed by atoms with E-state index in [9.17, 15) is 14.7 Å². The summed E-state index contributed by atoms with van der Waals surface area (Å²) in [5.41, 5.74) is 2.60. The maximum atomic E-state index is 11.9. The molecule has 4 unspecified atom stereocenters. The third-order valence-electron chi connectivity index (χ3n) is 5.04. The van der Waals surface area contributed by atoms with E-state index in [4.69, 9.17) is 18.6 Å². The van der Waals surface area contributed by atoms with E-state index in [1.165, 1.54) is 20.3 Å². The van der Waals surface area contributed by atoms with Gasteiger partial charge < -0.3 is 23.7 Å². The lowest BCUT2D eigenvalue weighted by molar-refractivity contribution is -0.142. The van der Waals surface area contributed by atoms with Gasteiger partial charge in [-0.2, -0.15) is 0 Å². The second kappa shape index (κ2) is 5.57. The topological polar surface area (TPSA) is 98.5 Å². The van der Waals surface area contributed by atoms with Crippen LogP contribution in [0.1, 0.15) is 52.9 Å². The third-order valence-corrected chi connectivity index (χ3v) is 5.04. The Kier molecular flexibility index (Phi) is 3.59. The molecule has 1 aliphatic carbocycles. The number of furan rings is 1. The number of methoxy groups -OCH3 is 1. The van der Waals surface area contributed by atoms with E-state index >= 15 is 0 Å². The first-order valence-electron chi connectivity index (χ1n) is 8.05. The number of aliphatic hydroxyl groups excluding tert-OH is 1. The van der Waals surface area contributed by atoms with Gasteiger partial charge in [0.25, 0.3) is 0 Å². The van der Waals surface area contributed by atoms with Crippen LogP contribution in [-0.4, -0.2) is 36.7 Å². The summed E-state index contributed by atoms with van der Waals surface area (Å²) in [6, 6.07) is 0. The van der Waals surface area contributed by atoms with Crippen molar-refractivity contribution in [3.8, 4) is 5.75 Å². The van der Waals surface area contributed by atoms with Crippen molar-refractivity contribution in [3.05, 3.63) is 28.5 Å². The number of carbonyl (C=O) groups excluding carboxylic acids is 2. The van der Waals surface area contributed by atoms with Gasteiger partial charge in [-0.15, -0.1) is 0 Å². The van der Waals surface area contributed by atoms with Gasteiger partial charge in [0.2, 0.25) is 0 Å². The van der Waals surface area contributed by atoms with Crippen molar-refractivity contribution in [3.63, 3.8) is 0 Å². The molecule has 2 heterocycles. The monoisotopic (exact) mass is 346 g/mol. The van der Waals surface area contributed by atoms with E-state index in [1.807, 2.05) is 6.92 Å². The Morgan fingerprint density at radius 3 is 2.76 bits per heavy atom. The van der Waals surface area contributed by atoms with Crippen LogP contribution in [0, 0.1) is 0 Å². The molecular formula is C18H18O7. The lowest BCUT2D eigenvalue weighted by Crippen LogP contribution is -2.24. The van der Waals surface area contributed by atoms with Crippen LogP contribution >= 0.6 is 0 Å². The number of aldehydes is 1. The van der Waals surface area contributed by atoms with Crippen LogP contribution < -0.4 is 4.74 Å². The molecule has 1 saturated heterocycles. The number of carbonyl (C=O) groups is 2. The molecule has 4 rings (SSSR count). The zero-order valence-corrected chi connectivity index (χ0v) is 14.1. The molecule has 0 saturated carbocycles. The fraction of sp³-hybridized carbons (Fsp3) is 0.444. The minimum Gasteiger partial charge on any atom is -0.492 e. The van der Waals surface area contributed by atoms with Gasteiger partial charge in [-0.1, -0.05) is 6.92 Å².